The largest absolute Gasteiger partial charge is 0.345 e. The fourth-order valence-corrected chi connectivity index (χ4v) is 4.29. The summed E-state index contributed by atoms with van der Waals surface area (Å²) in [5.41, 5.74) is 5.76. The van der Waals surface area contributed by atoms with Gasteiger partial charge in [0.1, 0.15) is 0 Å². The molecule has 0 spiro atoms. The van der Waals surface area contributed by atoms with Gasteiger partial charge in [-0.2, -0.15) is 0 Å². The summed E-state index contributed by atoms with van der Waals surface area (Å²) in [5.74, 6) is 3.13. The minimum atomic E-state index is 0.150. The summed E-state index contributed by atoms with van der Waals surface area (Å²) in [4.78, 5) is 14.4. The summed E-state index contributed by atoms with van der Waals surface area (Å²) in [6, 6.07) is 0.254. The monoisotopic (exact) mass is 280 g/mol. The lowest BCUT2D eigenvalue weighted by atomic mass is 9.88. The van der Waals surface area contributed by atoms with Gasteiger partial charge in [-0.25, -0.2) is 0 Å². The van der Waals surface area contributed by atoms with Gasteiger partial charge in [-0.05, 0) is 56.8 Å². The zero-order chi connectivity index (χ0) is 14.7. The predicted octanol–water partition coefficient (Wildman–Crippen LogP) is 3.03. The van der Waals surface area contributed by atoms with Gasteiger partial charge in [0.25, 0.3) is 0 Å². The van der Waals surface area contributed by atoms with Crippen molar-refractivity contribution >= 4 is 5.91 Å². The summed E-state index contributed by atoms with van der Waals surface area (Å²) >= 11 is 0. The Morgan fingerprint density at radius 1 is 1.25 bits per heavy atom. The number of hydrogen-bond donors (Lipinski definition) is 1. The summed E-state index contributed by atoms with van der Waals surface area (Å²) < 4.78 is 0. The summed E-state index contributed by atoms with van der Waals surface area (Å²) in [6.07, 6.45) is 8.69. The zero-order valence-electron chi connectivity index (χ0n) is 13.5. The Balaban J connectivity index is 1.71. The Morgan fingerprint density at radius 3 is 2.55 bits per heavy atom. The average Bonchev–Trinajstić information content (AvgIpc) is 2.99. The maximum absolute atomic E-state index is 12.4. The number of hydrogen-bond acceptors (Lipinski definition) is 2. The van der Waals surface area contributed by atoms with Gasteiger partial charge in [0, 0.05) is 25.6 Å². The van der Waals surface area contributed by atoms with Gasteiger partial charge in [0.2, 0.25) is 5.91 Å². The summed E-state index contributed by atoms with van der Waals surface area (Å²) in [5, 5.41) is 0. The molecule has 0 aliphatic heterocycles. The highest BCUT2D eigenvalue weighted by Crippen LogP contribution is 2.48. The highest BCUT2D eigenvalue weighted by molar-refractivity contribution is 5.78. The number of rotatable bonds is 7. The molecule has 5 atom stereocenters. The van der Waals surface area contributed by atoms with E-state index in [2.05, 4.69) is 6.92 Å². The van der Waals surface area contributed by atoms with E-state index in [1.165, 1.54) is 25.7 Å². The lowest BCUT2D eigenvalue weighted by Crippen LogP contribution is -2.37. The van der Waals surface area contributed by atoms with Crippen LogP contribution in [-0.2, 0) is 4.79 Å². The van der Waals surface area contributed by atoms with Crippen molar-refractivity contribution in [3.8, 4) is 0 Å². The molecule has 0 radical (unpaired) electrons. The first-order valence-electron chi connectivity index (χ1n) is 8.48. The maximum Gasteiger partial charge on any atom is 0.225 e. The number of nitrogens with zero attached hydrogens (tertiary/aromatic N) is 1. The third-order valence-electron chi connectivity index (χ3n) is 5.49. The lowest BCUT2D eigenvalue weighted by Gasteiger charge is -2.29. The van der Waals surface area contributed by atoms with E-state index in [0.29, 0.717) is 5.91 Å². The van der Waals surface area contributed by atoms with Crippen LogP contribution in [0.3, 0.4) is 0 Å². The van der Waals surface area contributed by atoms with E-state index >= 15 is 0 Å². The van der Waals surface area contributed by atoms with Crippen LogP contribution in [0.2, 0.25) is 0 Å². The second-order valence-electron chi connectivity index (χ2n) is 7.46. The number of carbonyl (C=O) groups excluding carboxylic acids is 1. The van der Waals surface area contributed by atoms with Crippen LogP contribution in [0.15, 0.2) is 0 Å². The molecular formula is C17H32N2O. The molecule has 2 saturated carbocycles. The topological polar surface area (TPSA) is 46.3 Å². The van der Waals surface area contributed by atoms with Gasteiger partial charge in [0.05, 0.1) is 0 Å². The third kappa shape index (κ3) is 3.97. The third-order valence-corrected chi connectivity index (χ3v) is 5.49. The van der Waals surface area contributed by atoms with Crippen molar-refractivity contribution in [1.29, 1.82) is 0 Å². The van der Waals surface area contributed by atoms with E-state index in [1.54, 1.807) is 0 Å². The fourth-order valence-electron chi connectivity index (χ4n) is 4.29. The summed E-state index contributed by atoms with van der Waals surface area (Å²) in [7, 11) is 2.00. The van der Waals surface area contributed by atoms with Crippen LogP contribution < -0.4 is 5.73 Å². The van der Waals surface area contributed by atoms with Gasteiger partial charge in [-0.3, -0.25) is 4.79 Å². The predicted molar refractivity (Wildman–Crippen MR) is 83.2 cm³/mol. The minimum absolute atomic E-state index is 0.150. The Bertz CT molecular complexity index is 329. The molecule has 0 aromatic rings. The number of fused-ring (bicyclic) bond motifs is 2. The molecule has 116 valence electrons. The van der Waals surface area contributed by atoms with E-state index in [4.69, 9.17) is 5.73 Å². The SMILES string of the molecule is CC(N)CCCC(C)C(=O)N(C)CC1CC2CCC1C2. The maximum atomic E-state index is 12.4. The first kappa shape index (κ1) is 15.8. The Hall–Kier alpha value is -0.570. The lowest BCUT2D eigenvalue weighted by molar-refractivity contribution is -0.134. The molecule has 1 amide bonds. The van der Waals surface area contributed by atoms with Gasteiger partial charge in [0.15, 0.2) is 0 Å². The Morgan fingerprint density at radius 2 is 2.00 bits per heavy atom. The molecule has 5 unspecified atom stereocenters. The van der Waals surface area contributed by atoms with E-state index in [-0.39, 0.29) is 12.0 Å². The molecular weight excluding hydrogens is 248 g/mol. The van der Waals surface area contributed by atoms with Crippen LogP contribution in [0.4, 0.5) is 0 Å². The molecule has 2 N–H and O–H groups in total. The van der Waals surface area contributed by atoms with Crippen molar-refractivity contribution < 1.29 is 4.79 Å². The molecule has 2 aliphatic carbocycles. The molecule has 20 heavy (non-hydrogen) atoms. The van der Waals surface area contributed by atoms with Crippen LogP contribution in [0.5, 0.6) is 0 Å². The van der Waals surface area contributed by atoms with Crippen molar-refractivity contribution in [3.63, 3.8) is 0 Å². The Kier molecular flexibility index (Phi) is 5.48. The summed E-state index contributed by atoms with van der Waals surface area (Å²) in [6.45, 7) is 5.09. The van der Waals surface area contributed by atoms with Crippen LogP contribution in [0.25, 0.3) is 0 Å². The van der Waals surface area contributed by atoms with E-state index in [1.807, 2.05) is 18.9 Å². The van der Waals surface area contributed by atoms with E-state index in [9.17, 15) is 4.79 Å². The highest BCUT2D eigenvalue weighted by atomic mass is 16.2. The van der Waals surface area contributed by atoms with Crippen molar-refractivity contribution in [2.45, 2.75) is 64.8 Å². The molecule has 2 aliphatic rings. The highest BCUT2D eigenvalue weighted by Gasteiger charge is 2.40. The minimum Gasteiger partial charge on any atom is -0.345 e. The van der Waals surface area contributed by atoms with E-state index < -0.39 is 0 Å². The fraction of sp³-hybridized carbons (Fsp3) is 0.941. The van der Waals surface area contributed by atoms with E-state index in [0.717, 1.165) is 43.6 Å². The van der Waals surface area contributed by atoms with Crippen LogP contribution in [0, 0.1) is 23.7 Å². The van der Waals surface area contributed by atoms with Crippen LogP contribution >= 0.6 is 0 Å². The molecule has 0 heterocycles. The molecule has 0 saturated heterocycles. The van der Waals surface area contributed by atoms with Gasteiger partial charge < -0.3 is 10.6 Å². The smallest absolute Gasteiger partial charge is 0.225 e. The van der Waals surface area contributed by atoms with Gasteiger partial charge in [-0.1, -0.05) is 19.8 Å². The molecule has 2 fully saturated rings. The van der Waals surface area contributed by atoms with Gasteiger partial charge >= 0.3 is 0 Å². The molecule has 3 nitrogen and oxygen atoms in total. The molecule has 0 aromatic carbocycles. The Labute approximate surface area is 124 Å². The van der Waals surface area contributed by atoms with Crippen molar-refractivity contribution in [2.24, 2.45) is 29.4 Å². The molecule has 3 heteroatoms. The second-order valence-corrected chi connectivity index (χ2v) is 7.46. The molecule has 0 aromatic heterocycles. The number of nitrogens with two attached hydrogens (primary N) is 1. The molecule has 2 bridgehead atoms. The number of carbonyl (C=O) groups is 1. The van der Waals surface area contributed by atoms with Crippen molar-refractivity contribution in [3.05, 3.63) is 0 Å². The first-order valence-corrected chi connectivity index (χ1v) is 8.48. The first-order chi connectivity index (χ1) is 9.47. The standard InChI is InChI=1S/C17H32N2O/c1-12(5-4-6-13(2)18)17(20)19(3)11-16-10-14-7-8-15(16)9-14/h12-16H,4-11,18H2,1-3H3. The van der Waals surface area contributed by atoms with Crippen LogP contribution in [0.1, 0.15) is 58.8 Å². The quantitative estimate of drug-likeness (QED) is 0.779. The van der Waals surface area contributed by atoms with Gasteiger partial charge in [-0.15, -0.1) is 0 Å². The molecule has 2 rings (SSSR count). The van der Waals surface area contributed by atoms with Crippen LogP contribution in [-0.4, -0.2) is 30.4 Å². The number of amides is 1. The normalized spacial score (nSPS) is 31.3. The van der Waals surface area contributed by atoms with Crippen molar-refractivity contribution in [2.75, 3.05) is 13.6 Å². The van der Waals surface area contributed by atoms with Crippen molar-refractivity contribution in [1.82, 2.24) is 4.90 Å². The second kappa shape index (κ2) is 6.93. The zero-order valence-corrected chi connectivity index (χ0v) is 13.5. The average molecular weight is 280 g/mol.